The monoisotopic (exact) mass is 474 g/mol. The third kappa shape index (κ3) is 5.81. The number of aromatic nitrogens is 4. The second kappa shape index (κ2) is 11.5. The van der Waals surface area contributed by atoms with E-state index in [-0.39, 0.29) is 11.3 Å². The van der Waals surface area contributed by atoms with Crippen molar-refractivity contribution >= 4 is 10.0 Å². The van der Waals surface area contributed by atoms with Gasteiger partial charge in [0.2, 0.25) is 10.0 Å². The Morgan fingerprint density at radius 1 is 0.970 bits per heavy atom. The molecule has 4 rings (SSSR count). The summed E-state index contributed by atoms with van der Waals surface area (Å²) in [4.78, 5) is 2.39. The normalized spacial score (nSPS) is 20.2. The molecule has 8 nitrogen and oxygen atoms in total. The summed E-state index contributed by atoms with van der Waals surface area (Å²) in [6.45, 7) is 4.76. The smallest absolute Gasteiger partial charge is 0.217 e. The number of nitrogens with zero attached hydrogens (tertiary/aromatic N) is 6. The minimum Gasteiger partial charge on any atom is -0.291 e. The van der Waals surface area contributed by atoms with Gasteiger partial charge in [-0.05, 0) is 41.8 Å². The van der Waals surface area contributed by atoms with E-state index >= 15 is 0 Å². The van der Waals surface area contributed by atoms with Crippen LogP contribution in [0.4, 0.5) is 0 Å². The quantitative estimate of drug-likeness (QED) is 0.485. The van der Waals surface area contributed by atoms with Crippen LogP contribution < -0.4 is 0 Å². The Balaban J connectivity index is 1.48. The van der Waals surface area contributed by atoms with Crippen LogP contribution in [0.2, 0.25) is 0 Å². The highest BCUT2D eigenvalue weighted by Crippen LogP contribution is 2.30. The number of benzene rings is 1. The lowest BCUT2D eigenvalue weighted by Crippen LogP contribution is -2.52. The number of hydrogen-bond donors (Lipinski definition) is 0. The van der Waals surface area contributed by atoms with E-state index in [2.05, 4.69) is 27.3 Å². The van der Waals surface area contributed by atoms with E-state index in [4.69, 9.17) is 0 Å². The van der Waals surface area contributed by atoms with Crippen LogP contribution in [0.15, 0.2) is 30.3 Å². The summed E-state index contributed by atoms with van der Waals surface area (Å²) in [5, 5.41) is 12.5. The van der Waals surface area contributed by atoms with Crippen molar-refractivity contribution in [1.82, 2.24) is 29.4 Å². The molecule has 2 fully saturated rings. The highest BCUT2D eigenvalue weighted by molar-refractivity contribution is 7.89. The summed E-state index contributed by atoms with van der Waals surface area (Å²) < 4.78 is 30.0. The van der Waals surface area contributed by atoms with Gasteiger partial charge in [-0.15, -0.1) is 5.10 Å². The molecule has 0 unspecified atom stereocenters. The summed E-state index contributed by atoms with van der Waals surface area (Å²) in [5.41, 5.74) is 0.953. The van der Waals surface area contributed by atoms with Crippen LogP contribution in [0.3, 0.4) is 0 Å². The largest absolute Gasteiger partial charge is 0.291 e. The first-order valence-corrected chi connectivity index (χ1v) is 14.2. The molecule has 1 aromatic carbocycles. The predicted octanol–water partition coefficient (Wildman–Crippen LogP) is 3.95. The van der Waals surface area contributed by atoms with Crippen molar-refractivity contribution in [3.05, 3.63) is 36.2 Å². The van der Waals surface area contributed by atoms with E-state index in [9.17, 15) is 8.42 Å². The van der Waals surface area contributed by atoms with Gasteiger partial charge in [-0.25, -0.2) is 8.42 Å². The zero-order valence-corrected chi connectivity index (χ0v) is 20.7. The van der Waals surface area contributed by atoms with Crippen LogP contribution in [-0.2, 0) is 10.0 Å². The molecule has 1 aliphatic carbocycles. The average Bonchev–Trinajstić information content (AvgIpc) is 3.35. The van der Waals surface area contributed by atoms with Gasteiger partial charge in [-0.3, -0.25) is 4.90 Å². The van der Waals surface area contributed by atoms with E-state index in [0.717, 1.165) is 56.5 Å². The second-order valence-corrected chi connectivity index (χ2v) is 11.6. The third-order valence-corrected chi connectivity index (χ3v) is 9.57. The van der Waals surface area contributed by atoms with Gasteiger partial charge < -0.3 is 0 Å². The molecule has 1 atom stereocenters. The summed E-state index contributed by atoms with van der Waals surface area (Å²) in [5.74, 6) is 0.848. The highest BCUT2D eigenvalue weighted by atomic mass is 32.2. The van der Waals surface area contributed by atoms with Crippen LogP contribution in [0.5, 0.6) is 0 Å². The van der Waals surface area contributed by atoms with Crippen LogP contribution in [0, 0.1) is 0 Å². The SMILES string of the molecule is CCCCCC[C@@H](c1nnnn1-c1ccccc1)N1CCN(S(=O)(=O)C2CCCCC2)CC1. The fraction of sp³-hybridized carbons (Fsp3) is 0.708. The lowest BCUT2D eigenvalue weighted by atomic mass is 10.0. The maximum Gasteiger partial charge on any atom is 0.217 e. The Labute approximate surface area is 198 Å². The molecule has 1 saturated carbocycles. The van der Waals surface area contributed by atoms with Crippen molar-refractivity contribution in [2.45, 2.75) is 82.4 Å². The van der Waals surface area contributed by atoms with Gasteiger partial charge in [0.25, 0.3) is 0 Å². The molecule has 0 spiro atoms. The van der Waals surface area contributed by atoms with Crippen LogP contribution in [0.1, 0.15) is 83.0 Å². The first-order valence-electron chi connectivity index (χ1n) is 12.7. The molecule has 2 aromatic rings. The minimum atomic E-state index is -3.20. The van der Waals surface area contributed by atoms with E-state index in [1.54, 1.807) is 4.31 Å². The first-order chi connectivity index (χ1) is 16.1. The van der Waals surface area contributed by atoms with Gasteiger partial charge in [0.1, 0.15) is 0 Å². The lowest BCUT2D eigenvalue weighted by molar-refractivity contribution is 0.121. The van der Waals surface area contributed by atoms with Gasteiger partial charge in [-0.2, -0.15) is 8.99 Å². The van der Waals surface area contributed by atoms with Crippen molar-refractivity contribution in [2.24, 2.45) is 0 Å². The molecule has 9 heteroatoms. The number of hydrogen-bond acceptors (Lipinski definition) is 6. The van der Waals surface area contributed by atoms with Crippen molar-refractivity contribution < 1.29 is 8.42 Å². The molecule has 1 saturated heterocycles. The minimum absolute atomic E-state index is 0.0802. The molecule has 1 aromatic heterocycles. The molecular weight excluding hydrogens is 436 g/mol. The molecule has 0 N–H and O–H groups in total. The van der Waals surface area contributed by atoms with Crippen molar-refractivity contribution in [1.29, 1.82) is 0 Å². The Bertz CT molecular complexity index is 950. The summed E-state index contributed by atoms with van der Waals surface area (Å²) in [7, 11) is -3.20. The van der Waals surface area contributed by atoms with Gasteiger partial charge in [-0.1, -0.05) is 70.1 Å². The predicted molar refractivity (Wildman–Crippen MR) is 130 cm³/mol. The van der Waals surface area contributed by atoms with Crippen molar-refractivity contribution in [3.63, 3.8) is 0 Å². The Hall–Kier alpha value is -1.84. The van der Waals surface area contributed by atoms with E-state index in [1.807, 2.05) is 35.0 Å². The zero-order valence-electron chi connectivity index (χ0n) is 19.8. The molecule has 1 aliphatic heterocycles. The summed E-state index contributed by atoms with van der Waals surface area (Å²) in [6.07, 6.45) is 10.6. The molecule has 2 aliphatic rings. The standard InChI is InChI=1S/C24H38N6O2S/c1-2-3-4-11-16-23(24-25-26-27-30(24)21-12-7-5-8-13-21)28-17-19-29(20-18-28)33(31,32)22-14-9-6-10-15-22/h5,7-8,12-13,22-23H,2-4,6,9-11,14-20H2,1H3/t23-/m0/s1. The van der Waals surface area contributed by atoms with Gasteiger partial charge in [0.05, 0.1) is 17.0 Å². The zero-order chi connectivity index (χ0) is 23.1. The molecule has 182 valence electrons. The Morgan fingerprint density at radius 2 is 1.70 bits per heavy atom. The van der Waals surface area contributed by atoms with Crippen molar-refractivity contribution in [2.75, 3.05) is 26.2 Å². The summed E-state index contributed by atoms with van der Waals surface area (Å²) in [6, 6.07) is 10.1. The number of sulfonamides is 1. The molecule has 0 bridgehead atoms. The number of piperazine rings is 1. The summed E-state index contributed by atoms with van der Waals surface area (Å²) >= 11 is 0. The topological polar surface area (TPSA) is 84.2 Å². The van der Waals surface area contributed by atoms with Crippen LogP contribution in [0.25, 0.3) is 5.69 Å². The average molecular weight is 475 g/mol. The molecular formula is C24H38N6O2S. The fourth-order valence-electron chi connectivity index (χ4n) is 5.24. The van der Waals surface area contributed by atoms with Gasteiger partial charge >= 0.3 is 0 Å². The number of para-hydroxylation sites is 1. The third-order valence-electron chi connectivity index (χ3n) is 7.17. The Kier molecular flexibility index (Phi) is 8.49. The van der Waals surface area contributed by atoms with E-state index in [1.165, 1.54) is 19.3 Å². The first kappa shape index (κ1) is 24.3. The number of unbranched alkanes of at least 4 members (excludes halogenated alkanes) is 3. The van der Waals surface area contributed by atoms with Gasteiger partial charge in [0, 0.05) is 26.2 Å². The lowest BCUT2D eigenvalue weighted by Gasteiger charge is -2.39. The highest BCUT2D eigenvalue weighted by Gasteiger charge is 2.37. The number of tetrazole rings is 1. The van der Waals surface area contributed by atoms with Crippen molar-refractivity contribution in [3.8, 4) is 5.69 Å². The maximum atomic E-state index is 13.2. The maximum absolute atomic E-state index is 13.2. The Morgan fingerprint density at radius 3 is 2.39 bits per heavy atom. The van der Waals surface area contributed by atoms with E-state index in [0.29, 0.717) is 26.2 Å². The van der Waals surface area contributed by atoms with Gasteiger partial charge in [0.15, 0.2) is 5.82 Å². The number of rotatable bonds is 10. The molecule has 2 heterocycles. The van der Waals surface area contributed by atoms with Crippen LogP contribution >= 0.6 is 0 Å². The molecule has 33 heavy (non-hydrogen) atoms. The van der Waals surface area contributed by atoms with E-state index < -0.39 is 10.0 Å². The molecule has 0 amide bonds. The van der Waals surface area contributed by atoms with Crippen LogP contribution in [-0.4, -0.2) is 69.3 Å². The molecule has 0 radical (unpaired) electrons. The second-order valence-electron chi connectivity index (χ2n) is 9.39. The fourth-order valence-corrected chi connectivity index (χ4v) is 7.26.